The number of hydrogen-bond donors (Lipinski definition) is 2. The molecule has 0 saturated heterocycles. The van der Waals surface area contributed by atoms with Crippen LogP contribution >= 0.6 is 35.6 Å². The van der Waals surface area contributed by atoms with E-state index in [-0.39, 0.29) is 47.0 Å². The highest BCUT2D eigenvalue weighted by atomic mass is 127. The molecule has 0 aliphatic rings. The van der Waals surface area contributed by atoms with Gasteiger partial charge in [0, 0.05) is 19.8 Å². The summed E-state index contributed by atoms with van der Waals surface area (Å²) in [5.41, 5.74) is -0.712. The first-order valence-electron chi connectivity index (χ1n) is 6.52. The second-order valence-corrected chi connectivity index (χ2v) is 4.89. The molecule has 0 aliphatic heterocycles. The Labute approximate surface area is 158 Å². The smallest absolute Gasteiger partial charge is 0.353 e. The number of fused-ring (bicyclic) bond motifs is 1. The first-order valence-corrected chi connectivity index (χ1v) is 6.90. The van der Waals surface area contributed by atoms with E-state index in [1.165, 1.54) is 4.40 Å². The fourth-order valence-electron chi connectivity index (χ4n) is 1.83. The van der Waals surface area contributed by atoms with Gasteiger partial charge >= 0.3 is 6.18 Å². The molecule has 24 heavy (non-hydrogen) atoms. The molecule has 0 aromatic carbocycles. The summed E-state index contributed by atoms with van der Waals surface area (Å²) in [6.07, 6.45) is -1.94. The van der Waals surface area contributed by atoms with Crippen LogP contribution in [-0.2, 0) is 12.7 Å². The molecule has 11 heteroatoms. The number of aliphatic imine (C=N–C) groups is 1. The highest BCUT2D eigenvalue weighted by Gasteiger charge is 2.32. The van der Waals surface area contributed by atoms with E-state index in [0.717, 1.165) is 12.3 Å². The van der Waals surface area contributed by atoms with Crippen molar-refractivity contribution in [3.05, 3.63) is 41.3 Å². The minimum absolute atomic E-state index is 0. The molecule has 0 amide bonds. The predicted molar refractivity (Wildman–Crippen MR) is 96.8 cm³/mol. The van der Waals surface area contributed by atoms with Crippen molar-refractivity contribution in [2.75, 3.05) is 13.6 Å². The number of alkyl halides is 3. The quantitative estimate of drug-likeness (QED) is 0.310. The molecule has 0 unspecified atom stereocenters. The molecule has 2 aromatic heterocycles. The molecule has 2 rings (SSSR count). The fourth-order valence-corrected chi connectivity index (χ4v) is 2.07. The fraction of sp³-hybridized carbons (Fsp3) is 0.308. The first kappa shape index (κ1) is 20.5. The van der Waals surface area contributed by atoms with Gasteiger partial charge in [-0.1, -0.05) is 17.7 Å². The normalized spacial score (nSPS) is 12.0. The van der Waals surface area contributed by atoms with Crippen LogP contribution in [0.5, 0.6) is 0 Å². The number of halogens is 5. The molecule has 0 spiro atoms. The number of pyridine rings is 1. The Morgan fingerprint density at radius 3 is 2.71 bits per heavy atom. The maximum atomic E-state index is 12.9. The largest absolute Gasteiger partial charge is 0.417 e. The van der Waals surface area contributed by atoms with Gasteiger partial charge in [0.2, 0.25) is 0 Å². The van der Waals surface area contributed by atoms with Gasteiger partial charge in [-0.15, -0.1) is 40.8 Å². The van der Waals surface area contributed by atoms with Crippen molar-refractivity contribution in [3.63, 3.8) is 0 Å². The lowest BCUT2D eigenvalue weighted by Crippen LogP contribution is -2.37. The van der Waals surface area contributed by atoms with E-state index in [2.05, 4.69) is 32.4 Å². The topological polar surface area (TPSA) is 66.6 Å². The molecule has 2 heterocycles. The summed E-state index contributed by atoms with van der Waals surface area (Å²) >= 11 is 5.85. The van der Waals surface area contributed by atoms with Gasteiger partial charge in [0.15, 0.2) is 17.4 Å². The first-order chi connectivity index (χ1) is 10.9. The van der Waals surface area contributed by atoms with Crippen LogP contribution in [0.15, 0.2) is 29.9 Å². The van der Waals surface area contributed by atoms with Gasteiger partial charge in [-0.25, -0.2) is 0 Å². The van der Waals surface area contributed by atoms with Crippen LogP contribution in [0.2, 0.25) is 5.02 Å². The number of rotatable bonds is 4. The summed E-state index contributed by atoms with van der Waals surface area (Å²) in [5, 5.41) is 13.4. The number of nitrogens with zero attached hydrogens (tertiary/aromatic N) is 4. The maximum absolute atomic E-state index is 12.9. The van der Waals surface area contributed by atoms with Gasteiger partial charge in [-0.3, -0.25) is 9.39 Å². The van der Waals surface area contributed by atoms with Crippen LogP contribution in [0.4, 0.5) is 13.2 Å². The second kappa shape index (κ2) is 8.51. The van der Waals surface area contributed by atoms with E-state index in [4.69, 9.17) is 11.6 Å². The molecule has 2 N–H and O–H groups in total. The number of nitrogens with one attached hydrogen (secondary N) is 2. The summed E-state index contributed by atoms with van der Waals surface area (Å²) in [5.74, 6) is 0.731. The van der Waals surface area contributed by atoms with Crippen LogP contribution < -0.4 is 10.6 Å². The number of aromatic nitrogens is 3. The van der Waals surface area contributed by atoms with Crippen molar-refractivity contribution in [1.82, 2.24) is 25.2 Å². The highest BCUT2D eigenvalue weighted by Crippen LogP contribution is 2.32. The van der Waals surface area contributed by atoms with Gasteiger partial charge in [0.25, 0.3) is 0 Å². The average Bonchev–Trinajstić information content (AvgIpc) is 2.90. The van der Waals surface area contributed by atoms with E-state index >= 15 is 0 Å². The number of hydrogen-bond acceptors (Lipinski definition) is 3. The van der Waals surface area contributed by atoms with Crippen LogP contribution in [0.25, 0.3) is 5.65 Å². The Bertz CT molecular complexity index is 743. The zero-order valence-electron chi connectivity index (χ0n) is 12.6. The Morgan fingerprint density at radius 2 is 2.12 bits per heavy atom. The molecule has 0 bridgehead atoms. The standard InChI is InChI=1S/C13H14ClF3N6.HI/c1-3-4-19-12(18-2)20-6-10-21-22-11-9(14)5-8(7-23(10)11)13(15,16)17;/h3,5,7H,1,4,6H2,2H3,(H2,18,19,20);1H. The van der Waals surface area contributed by atoms with Crippen molar-refractivity contribution in [2.24, 2.45) is 4.99 Å². The Balaban J connectivity index is 0.00000288. The molecule has 6 nitrogen and oxygen atoms in total. The predicted octanol–water partition coefficient (Wildman–Crippen LogP) is 2.87. The lowest BCUT2D eigenvalue weighted by molar-refractivity contribution is -0.137. The van der Waals surface area contributed by atoms with Crippen molar-refractivity contribution >= 4 is 47.2 Å². The van der Waals surface area contributed by atoms with Crippen LogP contribution in [0, 0.1) is 0 Å². The molecule has 0 radical (unpaired) electrons. The van der Waals surface area contributed by atoms with Crippen molar-refractivity contribution < 1.29 is 13.2 Å². The summed E-state index contributed by atoms with van der Waals surface area (Å²) in [6.45, 7) is 4.18. The molecule has 132 valence electrons. The summed E-state index contributed by atoms with van der Waals surface area (Å²) in [6, 6.07) is 0.827. The van der Waals surface area contributed by atoms with E-state index < -0.39 is 11.7 Å². The molecule has 0 atom stereocenters. The van der Waals surface area contributed by atoms with Crippen molar-refractivity contribution in [1.29, 1.82) is 0 Å². The van der Waals surface area contributed by atoms with Crippen LogP contribution in [0.1, 0.15) is 11.4 Å². The third kappa shape index (κ3) is 4.72. The van der Waals surface area contributed by atoms with Crippen molar-refractivity contribution in [3.8, 4) is 0 Å². The van der Waals surface area contributed by atoms with Gasteiger partial charge in [0.05, 0.1) is 17.1 Å². The molecule has 2 aromatic rings. The van der Waals surface area contributed by atoms with E-state index in [9.17, 15) is 13.2 Å². The average molecular weight is 475 g/mol. The lowest BCUT2D eigenvalue weighted by atomic mass is 10.3. The molecule has 0 aliphatic carbocycles. The van der Waals surface area contributed by atoms with Gasteiger partial charge in [-0.2, -0.15) is 13.2 Å². The van der Waals surface area contributed by atoms with Gasteiger partial charge in [-0.05, 0) is 6.07 Å². The van der Waals surface area contributed by atoms with E-state index in [1.807, 2.05) is 0 Å². The molecule has 0 fully saturated rings. The Hall–Kier alpha value is -1.56. The zero-order valence-corrected chi connectivity index (χ0v) is 15.6. The molecular weight excluding hydrogens is 460 g/mol. The van der Waals surface area contributed by atoms with Gasteiger partial charge < -0.3 is 10.6 Å². The maximum Gasteiger partial charge on any atom is 0.417 e. The zero-order chi connectivity index (χ0) is 17.0. The minimum Gasteiger partial charge on any atom is -0.353 e. The Kier molecular flexibility index (Phi) is 7.27. The van der Waals surface area contributed by atoms with E-state index in [0.29, 0.717) is 12.5 Å². The molecule has 0 saturated carbocycles. The highest BCUT2D eigenvalue weighted by molar-refractivity contribution is 14.0. The third-order valence-electron chi connectivity index (χ3n) is 2.91. The van der Waals surface area contributed by atoms with Crippen molar-refractivity contribution in [2.45, 2.75) is 12.7 Å². The van der Waals surface area contributed by atoms with Crippen LogP contribution in [0.3, 0.4) is 0 Å². The lowest BCUT2D eigenvalue weighted by Gasteiger charge is -2.11. The minimum atomic E-state index is -4.51. The Morgan fingerprint density at radius 1 is 1.42 bits per heavy atom. The monoisotopic (exact) mass is 474 g/mol. The van der Waals surface area contributed by atoms with Gasteiger partial charge in [0.1, 0.15) is 0 Å². The second-order valence-electron chi connectivity index (χ2n) is 4.48. The summed E-state index contributed by atoms with van der Waals surface area (Å²) < 4.78 is 39.8. The van der Waals surface area contributed by atoms with E-state index in [1.54, 1.807) is 13.1 Å². The number of guanidine groups is 1. The summed E-state index contributed by atoms with van der Waals surface area (Å²) in [4.78, 5) is 3.96. The SMILES string of the molecule is C=CCNC(=NC)NCc1nnc2c(Cl)cc(C(F)(F)F)cn12.I. The summed E-state index contributed by atoms with van der Waals surface area (Å²) in [7, 11) is 1.57. The van der Waals surface area contributed by atoms with Crippen LogP contribution in [-0.4, -0.2) is 34.2 Å². The third-order valence-corrected chi connectivity index (χ3v) is 3.19. The molecular formula is C13H15ClF3IN6.